The molecular weight excluding hydrogens is 452 g/mol. The Morgan fingerprint density at radius 1 is 1.21 bits per heavy atom. The number of thioether (sulfide) groups is 1. The largest absolute Gasteiger partial charge is 0.394 e. The number of sulfonamides is 1. The van der Waals surface area contributed by atoms with Crippen molar-refractivity contribution >= 4 is 56.4 Å². The second-order valence-electron chi connectivity index (χ2n) is 6.12. The van der Waals surface area contributed by atoms with Gasteiger partial charge in [0.15, 0.2) is 5.16 Å². The van der Waals surface area contributed by atoms with Crippen LogP contribution in [0, 0.1) is 0 Å². The van der Waals surface area contributed by atoms with E-state index >= 15 is 0 Å². The Morgan fingerprint density at radius 3 is 2.59 bits per heavy atom. The van der Waals surface area contributed by atoms with E-state index in [-0.39, 0.29) is 23.4 Å². The molecule has 0 bridgehead atoms. The van der Waals surface area contributed by atoms with E-state index in [0.717, 1.165) is 16.9 Å². The molecule has 0 spiro atoms. The molecule has 11 heteroatoms. The summed E-state index contributed by atoms with van der Waals surface area (Å²) in [5.41, 5.74) is 1.10. The van der Waals surface area contributed by atoms with Crippen LogP contribution >= 0.6 is 34.7 Å². The van der Waals surface area contributed by atoms with Gasteiger partial charge in [-0.25, -0.2) is 18.4 Å². The fourth-order valence-corrected chi connectivity index (χ4v) is 5.39. The minimum atomic E-state index is -3.83. The quantitative estimate of drug-likeness (QED) is 0.319. The van der Waals surface area contributed by atoms with E-state index in [1.807, 2.05) is 30.3 Å². The first-order chi connectivity index (χ1) is 13.9. The third kappa shape index (κ3) is 6.31. The highest BCUT2D eigenvalue weighted by atomic mass is 35.5. The summed E-state index contributed by atoms with van der Waals surface area (Å²) in [6.45, 7) is 1.70. The number of nitrogens with one attached hydrogen (secondary N) is 2. The summed E-state index contributed by atoms with van der Waals surface area (Å²) >= 11 is 8.37. The highest BCUT2D eigenvalue weighted by Crippen LogP contribution is 2.27. The first kappa shape index (κ1) is 21.8. The van der Waals surface area contributed by atoms with Crippen LogP contribution in [-0.4, -0.2) is 36.1 Å². The number of halogens is 1. The Bertz CT molecular complexity index is 1060. The molecule has 7 nitrogen and oxygen atoms in total. The van der Waals surface area contributed by atoms with Crippen LogP contribution in [0.15, 0.2) is 57.9 Å². The second kappa shape index (κ2) is 9.77. The van der Waals surface area contributed by atoms with Crippen molar-refractivity contribution < 1.29 is 13.5 Å². The number of aromatic nitrogens is 2. The fourth-order valence-electron chi connectivity index (χ4n) is 2.27. The minimum absolute atomic E-state index is 0.0721. The molecule has 0 unspecified atom stereocenters. The molecule has 2 aromatic heterocycles. The van der Waals surface area contributed by atoms with Crippen molar-refractivity contribution in [3.8, 4) is 0 Å². The molecule has 0 radical (unpaired) electrons. The standard InChI is InChI=1S/C18H19ClN4O3S3/c1-12(9-24)20-16-8-17(23-29(25,26)14-7-15(19)27-11-14)22-18(21-16)28-10-13-5-3-2-4-6-13/h2-8,11-12,24H,9-10H2,1H3,(H2,20,21,22,23)/t12-/m1/s1. The second-order valence-corrected chi connectivity index (χ2v) is 10.3. The first-order valence-electron chi connectivity index (χ1n) is 8.56. The molecular formula is C18H19ClN4O3S3. The predicted molar refractivity (Wildman–Crippen MR) is 118 cm³/mol. The van der Waals surface area contributed by atoms with Crippen molar-refractivity contribution in [2.45, 2.75) is 28.8 Å². The molecule has 3 aromatic rings. The van der Waals surface area contributed by atoms with Crippen LogP contribution in [0.25, 0.3) is 0 Å². The lowest BCUT2D eigenvalue weighted by Crippen LogP contribution is -2.21. The molecule has 1 atom stereocenters. The molecule has 0 saturated heterocycles. The third-order valence-electron chi connectivity index (χ3n) is 3.68. The third-order valence-corrected chi connectivity index (χ3v) is 7.17. The van der Waals surface area contributed by atoms with Crippen molar-refractivity contribution in [2.75, 3.05) is 16.6 Å². The van der Waals surface area contributed by atoms with Crippen molar-refractivity contribution in [3.63, 3.8) is 0 Å². The lowest BCUT2D eigenvalue weighted by Gasteiger charge is -2.14. The average Bonchev–Trinajstić information content (AvgIpc) is 3.14. The molecule has 3 rings (SSSR count). The number of aliphatic hydroxyl groups is 1. The van der Waals surface area contributed by atoms with Gasteiger partial charge in [-0.05, 0) is 18.6 Å². The van der Waals surface area contributed by atoms with Gasteiger partial charge < -0.3 is 10.4 Å². The predicted octanol–water partition coefficient (Wildman–Crippen LogP) is 4.08. The van der Waals surface area contributed by atoms with Crippen LogP contribution in [0.2, 0.25) is 4.34 Å². The average molecular weight is 471 g/mol. The van der Waals surface area contributed by atoms with E-state index in [1.54, 1.807) is 6.92 Å². The molecule has 0 fully saturated rings. The summed E-state index contributed by atoms with van der Waals surface area (Å²) in [6.07, 6.45) is 0. The Morgan fingerprint density at radius 2 is 1.93 bits per heavy atom. The fraction of sp³-hybridized carbons (Fsp3) is 0.222. The van der Waals surface area contributed by atoms with E-state index in [4.69, 9.17) is 11.6 Å². The van der Waals surface area contributed by atoms with E-state index in [2.05, 4.69) is 20.0 Å². The number of nitrogens with zero attached hydrogens (tertiary/aromatic N) is 2. The van der Waals surface area contributed by atoms with Crippen LogP contribution < -0.4 is 10.0 Å². The summed E-state index contributed by atoms with van der Waals surface area (Å²) in [5, 5.41) is 14.2. The molecule has 29 heavy (non-hydrogen) atoms. The van der Waals surface area contributed by atoms with Crippen molar-refractivity contribution in [3.05, 3.63) is 57.7 Å². The number of hydrogen-bond donors (Lipinski definition) is 3. The minimum Gasteiger partial charge on any atom is -0.394 e. The van der Waals surface area contributed by atoms with Gasteiger partial charge in [0, 0.05) is 23.2 Å². The van der Waals surface area contributed by atoms with Gasteiger partial charge in [0.1, 0.15) is 11.6 Å². The molecule has 154 valence electrons. The summed E-state index contributed by atoms with van der Waals surface area (Å²) < 4.78 is 28.1. The van der Waals surface area contributed by atoms with Gasteiger partial charge in [0.2, 0.25) is 0 Å². The Labute approximate surface area is 182 Å². The van der Waals surface area contributed by atoms with Crippen LogP contribution in [0.4, 0.5) is 11.6 Å². The molecule has 0 saturated carbocycles. The summed E-state index contributed by atoms with van der Waals surface area (Å²) in [4.78, 5) is 8.82. The van der Waals surface area contributed by atoms with Gasteiger partial charge in [-0.1, -0.05) is 53.7 Å². The van der Waals surface area contributed by atoms with Crippen LogP contribution in [0.5, 0.6) is 0 Å². The maximum absolute atomic E-state index is 12.6. The van der Waals surface area contributed by atoms with Crippen LogP contribution in [0.1, 0.15) is 12.5 Å². The van der Waals surface area contributed by atoms with E-state index in [1.165, 1.54) is 29.3 Å². The lowest BCUT2D eigenvalue weighted by atomic mass is 10.2. The summed E-state index contributed by atoms with van der Waals surface area (Å²) in [7, 11) is -3.83. The number of aliphatic hydroxyl groups excluding tert-OH is 1. The first-order valence-corrected chi connectivity index (χ1v) is 12.3. The summed E-state index contributed by atoms with van der Waals surface area (Å²) in [6, 6.07) is 12.4. The molecule has 2 heterocycles. The van der Waals surface area contributed by atoms with Gasteiger partial charge >= 0.3 is 0 Å². The highest BCUT2D eigenvalue weighted by molar-refractivity contribution is 7.98. The van der Waals surface area contributed by atoms with Crippen molar-refractivity contribution in [2.24, 2.45) is 0 Å². The number of benzene rings is 1. The maximum atomic E-state index is 12.6. The van der Waals surface area contributed by atoms with Gasteiger partial charge in [0.05, 0.1) is 15.8 Å². The number of rotatable bonds is 9. The normalized spacial score (nSPS) is 12.5. The molecule has 0 aliphatic carbocycles. The van der Waals surface area contributed by atoms with Gasteiger partial charge in [0.25, 0.3) is 10.0 Å². The zero-order valence-corrected chi connectivity index (χ0v) is 18.6. The molecule has 0 aliphatic heterocycles. The molecule has 0 amide bonds. The van der Waals surface area contributed by atoms with Gasteiger partial charge in [-0.2, -0.15) is 0 Å². The topological polar surface area (TPSA) is 104 Å². The van der Waals surface area contributed by atoms with E-state index < -0.39 is 10.0 Å². The number of anilines is 2. The summed E-state index contributed by atoms with van der Waals surface area (Å²) in [5.74, 6) is 1.18. The van der Waals surface area contributed by atoms with Crippen molar-refractivity contribution in [1.82, 2.24) is 9.97 Å². The molecule has 1 aromatic carbocycles. The SMILES string of the molecule is C[C@H](CO)Nc1cc(NS(=O)(=O)c2csc(Cl)c2)nc(SCc2ccccc2)n1. The molecule has 0 aliphatic rings. The number of thiophene rings is 1. The van der Waals surface area contributed by atoms with Crippen molar-refractivity contribution in [1.29, 1.82) is 0 Å². The zero-order chi connectivity index (χ0) is 20.9. The molecule has 3 N–H and O–H groups in total. The highest BCUT2D eigenvalue weighted by Gasteiger charge is 2.18. The van der Waals surface area contributed by atoms with Gasteiger partial charge in [-0.3, -0.25) is 4.72 Å². The van der Waals surface area contributed by atoms with E-state index in [0.29, 0.717) is 21.1 Å². The smallest absolute Gasteiger partial charge is 0.263 e. The zero-order valence-electron chi connectivity index (χ0n) is 15.4. The van der Waals surface area contributed by atoms with Crippen LogP contribution in [0.3, 0.4) is 0 Å². The monoisotopic (exact) mass is 470 g/mol. The lowest BCUT2D eigenvalue weighted by molar-refractivity contribution is 0.281. The Balaban J connectivity index is 1.85. The van der Waals surface area contributed by atoms with E-state index in [9.17, 15) is 13.5 Å². The maximum Gasteiger partial charge on any atom is 0.263 e. The Kier molecular flexibility index (Phi) is 7.36. The Hall–Kier alpha value is -1.85. The van der Waals surface area contributed by atoms with Gasteiger partial charge in [-0.15, -0.1) is 11.3 Å². The number of hydrogen-bond acceptors (Lipinski definition) is 8. The van der Waals surface area contributed by atoms with Crippen LogP contribution in [-0.2, 0) is 15.8 Å².